The van der Waals surface area contributed by atoms with Crippen LogP contribution in [-0.2, 0) is 19.2 Å². The first-order chi connectivity index (χ1) is 14.6. The van der Waals surface area contributed by atoms with E-state index < -0.39 is 41.7 Å². The van der Waals surface area contributed by atoms with Gasteiger partial charge in [-0.05, 0) is 30.7 Å². The van der Waals surface area contributed by atoms with Crippen molar-refractivity contribution in [1.82, 2.24) is 5.32 Å². The Morgan fingerprint density at radius 1 is 1.06 bits per heavy atom. The van der Waals surface area contributed by atoms with Gasteiger partial charge in [0.25, 0.3) is 0 Å². The first-order valence-electron chi connectivity index (χ1n) is 10.2. The number of hydrogen-bond donors (Lipinski definition) is 4. The van der Waals surface area contributed by atoms with Gasteiger partial charge in [-0.3, -0.25) is 14.4 Å². The molecule has 2 rings (SSSR count). The van der Waals surface area contributed by atoms with Crippen LogP contribution in [0.15, 0.2) is 42.5 Å². The number of carbonyl (C=O) groups excluding carboxylic acids is 3. The van der Waals surface area contributed by atoms with Gasteiger partial charge in [-0.15, -0.1) is 0 Å². The molecule has 31 heavy (non-hydrogen) atoms. The summed E-state index contributed by atoms with van der Waals surface area (Å²) >= 11 is 0. The average Bonchev–Trinajstić information content (AvgIpc) is 2.73. The van der Waals surface area contributed by atoms with Gasteiger partial charge in [-0.25, -0.2) is 0 Å². The molecule has 2 aromatic carbocycles. The number of carbonyl (C=O) groups is 4. The number of amides is 1. The molecule has 1 amide bonds. The Morgan fingerprint density at radius 3 is 2.32 bits per heavy atom. The van der Waals surface area contributed by atoms with Crippen LogP contribution < -0.4 is 16.4 Å². The van der Waals surface area contributed by atoms with Gasteiger partial charge < -0.3 is 26.3 Å². The molecule has 0 aromatic heterocycles. The van der Waals surface area contributed by atoms with Crippen LogP contribution in [0, 0.1) is 11.8 Å². The lowest BCUT2D eigenvalue weighted by molar-refractivity contribution is -0.145. The molecule has 0 aliphatic heterocycles. The molecule has 0 spiro atoms. The monoisotopic (exact) mass is 427 g/mol. The Labute approximate surface area is 181 Å². The number of nitrogens with two attached hydrogens (primary N) is 1. The topological polar surface area (TPSA) is 139 Å². The minimum absolute atomic E-state index is 0.0175. The maximum absolute atomic E-state index is 12.8. The van der Waals surface area contributed by atoms with Gasteiger partial charge in [0.15, 0.2) is 5.78 Å². The average molecular weight is 428 g/mol. The van der Waals surface area contributed by atoms with Gasteiger partial charge in [0.1, 0.15) is 24.3 Å². The fraction of sp³-hybridized carbons (Fsp3) is 0.391. The lowest BCUT2D eigenvalue weighted by Gasteiger charge is -2.25. The Hall–Kier alpha value is -3.26. The number of benzene rings is 2. The van der Waals surface area contributed by atoms with Gasteiger partial charge in [0, 0.05) is 11.1 Å². The summed E-state index contributed by atoms with van der Waals surface area (Å²) in [7, 11) is 0. The van der Waals surface area contributed by atoms with Crippen molar-refractivity contribution in [3.05, 3.63) is 42.5 Å². The largest absolute Gasteiger partial charge is 0.480 e. The Balaban J connectivity index is 2.18. The SMILES string of the molecule is CC(C)C[C@H](NC(=O)C(C)Nc1cccc2ccccc12)C(=O)[C@H](C=O)C(N)C(=O)O. The number of Topliss-reactive ketones (excluding diaryl/α,β-unsaturated/α-hetero) is 1. The number of hydrogen-bond acceptors (Lipinski definition) is 6. The number of ketones is 1. The third kappa shape index (κ3) is 6.11. The highest BCUT2D eigenvalue weighted by Gasteiger charge is 2.36. The number of carboxylic acids is 1. The number of rotatable bonds is 11. The summed E-state index contributed by atoms with van der Waals surface area (Å²) in [4.78, 5) is 48.2. The lowest BCUT2D eigenvalue weighted by Crippen LogP contribution is -2.53. The van der Waals surface area contributed by atoms with E-state index in [1.165, 1.54) is 0 Å². The molecule has 0 aliphatic carbocycles. The van der Waals surface area contributed by atoms with E-state index in [9.17, 15) is 19.2 Å². The molecule has 8 nitrogen and oxygen atoms in total. The van der Waals surface area contributed by atoms with Crippen molar-refractivity contribution in [2.45, 2.75) is 45.3 Å². The van der Waals surface area contributed by atoms with Gasteiger partial charge in [0.2, 0.25) is 5.91 Å². The number of anilines is 1. The summed E-state index contributed by atoms with van der Waals surface area (Å²) < 4.78 is 0. The molecule has 0 fully saturated rings. The van der Waals surface area contributed by atoms with Crippen LogP contribution in [0.5, 0.6) is 0 Å². The molecule has 2 unspecified atom stereocenters. The predicted octanol–water partition coefficient (Wildman–Crippen LogP) is 1.97. The molecular weight excluding hydrogens is 398 g/mol. The molecule has 2 aromatic rings. The second kappa shape index (κ2) is 10.7. The molecule has 5 N–H and O–H groups in total. The van der Waals surface area contributed by atoms with Crippen LogP contribution in [0.4, 0.5) is 5.69 Å². The molecule has 0 radical (unpaired) electrons. The lowest BCUT2D eigenvalue weighted by atomic mass is 9.88. The van der Waals surface area contributed by atoms with E-state index in [2.05, 4.69) is 10.6 Å². The Bertz CT molecular complexity index is 954. The zero-order chi connectivity index (χ0) is 23.1. The quantitative estimate of drug-likeness (QED) is 0.318. The van der Waals surface area contributed by atoms with Crippen LogP contribution in [0.2, 0.25) is 0 Å². The van der Waals surface area contributed by atoms with Crippen LogP contribution in [-0.4, -0.2) is 47.2 Å². The van der Waals surface area contributed by atoms with Crippen molar-refractivity contribution in [3.63, 3.8) is 0 Å². The van der Waals surface area contributed by atoms with Gasteiger partial charge in [0.05, 0.1) is 6.04 Å². The number of carboxylic acid groups (broad SMARTS) is 1. The maximum Gasteiger partial charge on any atom is 0.321 e. The van der Waals surface area contributed by atoms with E-state index in [1.54, 1.807) is 6.92 Å². The molecule has 8 heteroatoms. The Morgan fingerprint density at radius 2 is 1.71 bits per heavy atom. The summed E-state index contributed by atoms with van der Waals surface area (Å²) in [5, 5.41) is 16.9. The summed E-state index contributed by atoms with van der Waals surface area (Å²) in [6, 6.07) is 10.1. The molecule has 4 atom stereocenters. The van der Waals surface area contributed by atoms with Crippen molar-refractivity contribution in [2.75, 3.05) is 5.32 Å². The summed E-state index contributed by atoms with van der Waals surface area (Å²) in [6.07, 6.45) is 0.487. The van der Waals surface area contributed by atoms with Crippen molar-refractivity contribution < 1.29 is 24.3 Å². The molecule has 0 aliphatic rings. The fourth-order valence-electron chi connectivity index (χ4n) is 3.38. The van der Waals surface area contributed by atoms with E-state index in [1.807, 2.05) is 56.3 Å². The molecule has 0 bridgehead atoms. The van der Waals surface area contributed by atoms with Gasteiger partial charge in [-0.1, -0.05) is 50.2 Å². The number of fused-ring (bicyclic) bond motifs is 1. The van der Waals surface area contributed by atoms with E-state index >= 15 is 0 Å². The number of aldehydes is 1. The van der Waals surface area contributed by atoms with Crippen molar-refractivity contribution in [2.24, 2.45) is 17.6 Å². The molecule has 0 saturated heterocycles. The van der Waals surface area contributed by atoms with Crippen LogP contribution >= 0.6 is 0 Å². The molecular formula is C23H29N3O5. The highest BCUT2D eigenvalue weighted by Crippen LogP contribution is 2.23. The predicted molar refractivity (Wildman–Crippen MR) is 119 cm³/mol. The van der Waals surface area contributed by atoms with Crippen molar-refractivity contribution in [3.8, 4) is 0 Å². The minimum atomic E-state index is -1.66. The van der Waals surface area contributed by atoms with E-state index in [4.69, 9.17) is 10.8 Å². The first-order valence-corrected chi connectivity index (χ1v) is 10.2. The van der Waals surface area contributed by atoms with Crippen LogP contribution in [0.1, 0.15) is 27.2 Å². The molecule has 166 valence electrons. The number of aliphatic carboxylic acids is 1. The minimum Gasteiger partial charge on any atom is -0.480 e. The highest BCUT2D eigenvalue weighted by molar-refractivity contribution is 6.03. The highest BCUT2D eigenvalue weighted by atomic mass is 16.4. The summed E-state index contributed by atoms with van der Waals surface area (Å²) in [6.45, 7) is 5.38. The summed E-state index contributed by atoms with van der Waals surface area (Å²) in [5.41, 5.74) is 6.28. The summed E-state index contributed by atoms with van der Waals surface area (Å²) in [5.74, 6) is -4.12. The van der Waals surface area contributed by atoms with Crippen LogP contribution in [0.3, 0.4) is 0 Å². The zero-order valence-corrected chi connectivity index (χ0v) is 17.9. The third-order valence-corrected chi connectivity index (χ3v) is 5.07. The van der Waals surface area contributed by atoms with E-state index in [-0.39, 0.29) is 18.6 Å². The van der Waals surface area contributed by atoms with Gasteiger partial charge in [-0.2, -0.15) is 0 Å². The van der Waals surface area contributed by atoms with Crippen LogP contribution in [0.25, 0.3) is 10.8 Å². The second-order valence-electron chi connectivity index (χ2n) is 8.01. The smallest absolute Gasteiger partial charge is 0.321 e. The molecule has 0 saturated carbocycles. The normalized spacial score (nSPS) is 15.0. The van der Waals surface area contributed by atoms with E-state index in [0.717, 1.165) is 16.5 Å². The maximum atomic E-state index is 12.8. The standard InChI is InChI=1S/C23H29N3O5/c1-13(2)11-19(21(28)17(12-27)20(24)23(30)31)26-22(29)14(3)25-18-10-6-8-15-7-4-5-9-16(15)18/h4-10,12-14,17,19-20,25H,11,24H2,1-3H3,(H,26,29)(H,30,31)/t14?,17-,19+,20?/m1/s1. The zero-order valence-electron chi connectivity index (χ0n) is 17.9. The Kier molecular flexibility index (Phi) is 8.27. The third-order valence-electron chi connectivity index (χ3n) is 5.07. The van der Waals surface area contributed by atoms with Gasteiger partial charge >= 0.3 is 5.97 Å². The second-order valence-corrected chi connectivity index (χ2v) is 8.01. The van der Waals surface area contributed by atoms with E-state index in [0.29, 0.717) is 0 Å². The first kappa shape index (κ1) is 24.0. The fourth-order valence-corrected chi connectivity index (χ4v) is 3.38. The molecule has 0 heterocycles. The van der Waals surface area contributed by atoms with Crippen molar-refractivity contribution >= 4 is 40.4 Å². The number of nitrogens with one attached hydrogen (secondary N) is 2. The van der Waals surface area contributed by atoms with Crippen molar-refractivity contribution in [1.29, 1.82) is 0 Å².